The topological polar surface area (TPSA) is 35.5 Å². The van der Waals surface area contributed by atoms with Crippen LogP contribution in [0.2, 0.25) is 36.3 Å². The van der Waals surface area contributed by atoms with Crippen LogP contribution in [-0.2, 0) is 13.6 Å². The number of carbonyl (C=O) groups is 1. The monoisotopic (exact) mass is 422 g/mol. The average Bonchev–Trinajstić information content (AvgIpc) is 2.92. The molecule has 0 aromatic rings. The molecule has 2 rings (SSSR count). The van der Waals surface area contributed by atoms with Crippen LogP contribution in [0.3, 0.4) is 0 Å². The second-order valence-electron chi connectivity index (χ2n) is 11.9. The molecule has 5 heteroatoms. The molecular weight excluding hydrogens is 380 g/mol. The summed E-state index contributed by atoms with van der Waals surface area (Å²) in [7, 11) is -4.07. The summed E-state index contributed by atoms with van der Waals surface area (Å²) in [6, 6.07) is 0. The van der Waals surface area contributed by atoms with E-state index in [-0.39, 0.29) is 27.9 Å². The number of ketones is 1. The van der Waals surface area contributed by atoms with Crippen LogP contribution >= 0.6 is 0 Å². The van der Waals surface area contributed by atoms with Gasteiger partial charge < -0.3 is 8.85 Å². The van der Waals surface area contributed by atoms with Crippen molar-refractivity contribution in [3.05, 3.63) is 24.3 Å². The Morgan fingerprint density at radius 3 is 2.11 bits per heavy atom. The lowest BCUT2D eigenvalue weighted by Crippen LogP contribution is -2.57. The molecule has 0 spiro atoms. The van der Waals surface area contributed by atoms with Gasteiger partial charge in [-0.05, 0) is 66.7 Å². The van der Waals surface area contributed by atoms with Crippen molar-refractivity contribution in [2.45, 2.75) is 109 Å². The van der Waals surface area contributed by atoms with Gasteiger partial charge in [0.05, 0.1) is 11.7 Å². The van der Waals surface area contributed by atoms with E-state index in [2.05, 4.69) is 74.3 Å². The molecule has 1 fully saturated rings. The number of rotatable bonds is 6. The number of hydrogen-bond acceptors (Lipinski definition) is 3. The molecule has 0 radical (unpaired) electrons. The van der Waals surface area contributed by atoms with E-state index >= 15 is 0 Å². The average molecular weight is 423 g/mol. The highest BCUT2D eigenvalue weighted by Crippen LogP contribution is 2.54. The molecule has 160 valence electrons. The molecule has 28 heavy (non-hydrogen) atoms. The molecule has 0 bridgehead atoms. The van der Waals surface area contributed by atoms with E-state index in [0.29, 0.717) is 6.42 Å². The fourth-order valence-corrected chi connectivity index (χ4v) is 6.80. The summed E-state index contributed by atoms with van der Waals surface area (Å²) < 4.78 is 14.2. The highest BCUT2D eigenvalue weighted by Gasteiger charge is 2.58. The van der Waals surface area contributed by atoms with Crippen LogP contribution in [0.25, 0.3) is 0 Å². The molecule has 0 aliphatic heterocycles. The highest BCUT2D eigenvalue weighted by atomic mass is 28.4. The summed E-state index contributed by atoms with van der Waals surface area (Å²) in [4.78, 5) is 12.2. The summed E-state index contributed by atoms with van der Waals surface area (Å²) in [6.45, 7) is 26.9. The van der Waals surface area contributed by atoms with Crippen LogP contribution in [0.15, 0.2) is 24.3 Å². The van der Waals surface area contributed by atoms with Gasteiger partial charge in [-0.2, -0.15) is 0 Å². The molecule has 0 amide bonds. The van der Waals surface area contributed by atoms with Crippen molar-refractivity contribution in [3.8, 4) is 0 Å². The second-order valence-corrected chi connectivity index (χ2v) is 21.4. The Kier molecular flexibility index (Phi) is 6.22. The van der Waals surface area contributed by atoms with Gasteiger partial charge in [0.2, 0.25) is 0 Å². The van der Waals surface area contributed by atoms with Gasteiger partial charge in [-0.15, -0.1) is 6.58 Å². The lowest BCUT2D eigenvalue weighted by atomic mass is 9.93. The second kappa shape index (κ2) is 7.33. The van der Waals surface area contributed by atoms with E-state index < -0.39 is 22.2 Å². The van der Waals surface area contributed by atoms with Gasteiger partial charge in [0.1, 0.15) is 0 Å². The first kappa shape index (κ1) is 23.8. The van der Waals surface area contributed by atoms with Gasteiger partial charge in [-0.25, -0.2) is 0 Å². The van der Waals surface area contributed by atoms with Gasteiger partial charge in [0.15, 0.2) is 22.4 Å². The van der Waals surface area contributed by atoms with Crippen molar-refractivity contribution >= 4 is 22.4 Å². The molecule has 3 atom stereocenters. The molecule has 3 nitrogen and oxygen atoms in total. The Morgan fingerprint density at radius 2 is 1.64 bits per heavy atom. The molecule has 0 N–H and O–H groups in total. The van der Waals surface area contributed by atoms with Crippen molar-refractivity contribution in [1.29, 1.82) is 0 Å². The summed E-state index contributed by atoms with van der Waals surface area (Å²) in [5.74, 6) is 0.496. The maximum atomic E-state index is 12.2. The van der Waals surface area contributed by atoms with Gasteiger partial charge in [-0.1, -0.05) is 47.6 Å². The zero-order valence-corrected chi connectivity index (χ0v) is 21.9. The molecule has 0 heterocycles. The third kappa shape index (κ3) is 4.32. The number of fused-ring (bicyclic) bond motifs is 1. The minimum Gasteiger partial charge on any atom is -0.408 e. The van der Waals surface area contributed by atoms with Gasteiger partial charge in [0, 0.05) is 6.42 Å². The molecule has 0 unspecified atom stereocenters. The standard InChI is InChI=1S/C23H42O3Si2/c1-12-13-23(26-28(10,11)22(5,6)7)16-17-14-18(24)15-19(17)20(23)25-27(8,9)21(2,3)4/h12,15,17,20H,1,13-14,16H2,2-11H3/t17-,20-,23+/m1/s1. The number of carbonyl (C=O) groups excluding carboxylic acids is 1. The molecule has 2 aliphatic rings. The SMILES string of the molecule is C=CC[C@]1(O[Si](C)(C)C(C)(C)C)C[C@H]2CC(=O)C=C2[C@H]1O[Si](C)(C)C(C)(C)C. The van der Waals surface area contributed by atoms with Crippen molar-refractivity contribution in [1.82, 2.24) is 0 Å². The summed E-state index contributed by atoms with van der Waals surface area (Å²) in [5, 5.41) is 0.218. The van der Waals surface area contributed by atoms with E-state index in [4.69, 9.17) is 8.85 Å². The fraction of sp³-hybridized carbons (Fsp3) is 0.783. The van der Waals surface area contributed by atoms with Crippen LogP contribution in [-0.4, -0.2) is 34.1 Å². The van der Waals surface area contributed by atoms with E-state index in [9.17, 15) is 4.79 Å². The minimum absolute atomic E-state index is 0.102. The quantitative estimate of drug-likeness (QED) is 0.356. The summed E-state index contributed by atoms with van der Waals surface area (Å²) in [6.07, 6.45) is 5.94. The predicted octanol–water partition coefficient (Wildman–Crippen LogP) is 6.63. The van der Waals surface area contributed by atoms with Crippen molar-refractivity contribution in [2.75, 3.05) is 0 Å². The third-order valence-corrected chi connectivity index (χ3v) is 16.6. The first-order valence-electron chi connectivity index (χ1n) is 10.7. The minimum atomic E-state index is -2.04. The Bertz CT molecular complexity index is 664. The van der Waals surface area contributed by atoms with E-state index in [0.717, 1.165) is 12.8 Å². The molecule has 1 saturated carbocycles. The van der Waals surface area contributed by atoms with Crippen LogP contribution in [0.1, 0.15) is 60.8 Å². The molecule has 0 aromatic heterocycles. The molecular formula is C23H42O3Si2. The van der Waals surface area contributed by atoms with Crippen molar-refractivity contribution in [3.63, 3.8) is 0 Å². The van der Waals surface area contributed by atoms with Crippen LogP contribution in [0.4, 0.5) is 0 Å². The Balaban J connectivity index is 2.54. The van der Waals surface area contributed by atoms with Crippen LogP contribution in [0.5, 0.6) is 0 Å². The number of hydrogen-bond donors (Lipinski definition) is 0. The zero-order chi connectivity index (χ0) is 21.8. The molecule has 0 saturated heterocycles. The Morgan fingerprint density at radius 1 is 1.11 bits per heavy atom. The third-order valence-electron chi connectivity index (χ3n) is 7.59. The van der Waals surface area contributed by atoms with E-state index in [1.807, 2.05) is 12.2 Å². The largest absolute Gasteiger partial charge is 0.408 e. The van der Waals surface area contributed by atoms with E-state index in [1.165, 1.54) is 5.57 Å². The maximum Gasteiger partial charge on any atom is 0.193 e. The predicted molar refractivity (Wildman–Crippen MR) is 124 cm³/mol. The van der Waals surface area contributed by atoms with Crippen LogP contribution in [0, 0.1) is 5.92 Å². The van der Waals surface area contributed by atoms with Crippen LogP contribution < -0.4 is 0 Å². The van der Waals surface area contributed by atoms with Gasteiger partial charge >= 0.3 is 0 Å². The highest BCUT2D eigenvalue weighted by molar-refractivity contribution is 6.74. The lowest BCUT2D eigenvalue weighted by molar-refractivity contribution is -0.114. The van der Waals surface area contributed by atoms with Crippen molar-refractivity contribution in [2.24, 2.45) is 5.92 Å². The summed E-state index contributed by atoms with van der Waals surface area (Å²) in [5.41, 5.74) is 0.771. The first-order chi connectivity index (χ1) is 12.5. The smallest absolute Gasteiger partial charge is 0.193 e. The molecule has 0 aromatic carbocycles. The first-order valence-corrected chi connectivity index (χ1v) is 16.5. The Labute approximate surface area is 175 Å². The lowest BCUT2D eigenvalue weighted by Gasteiger charge is -2.49. The number of allylic oxidation sites excluding steroid dienone is 1. The Hall–Kier alpha value is -0.496. The zero-order valence-electron chi connectivity index (χ0n) is 19.9. The normalized spacial score (nSPS) is 29.1. The van der Waals surface area contributed by atoms with Crippen molar-refractivity contribution < 1.29 is 13.6 Å². The summed E-state index contributed by atoms with van der Waals surface area (Å²) >= 11 is 0. The molecule has 2 aliphatic carbocycles. The van der Waals surface area contributed by atoms with E-state index in [1.54, 1.807) is 0 Å². The van der Waals surface area contributed by atoms with Gasteiger partial charge in [-0.3, -0.25) is 4.79 Å². The fourth-order valence-electron chi connectivity index (χ4n) is 3.91. The van der Waals surface area contributed by atoms with Gasteiger partial charge in [0.25, 0.3) is 0 Å². The maximum absolute atomic E-state index is 12.2.